The molecular formula is C13H17N5O2S. The summed E-state index contributed by atoms with van der Waals surface area (Å²) in [6, 6.07) is -0.0343. The second-order valence-electron chi connectivity index (χ2n) is 5.26. The lowest BCUT2D eigenvalue weighted by atomic mass is 10.1. The second kappa shape index (κ2) is 5.80. The van der Waals surface area contributed by atoms with E-state index in [4.69, 9.17) is 4.52 Å². The molecule has 1 aliphatic heterocycles. The van der Waals surface area contributed by atoms with Gasteiger partial charge in [-0.05, 0) is 26.2 Å². The van der Waals surface area contributed by atoms with Crippen molar-refractivity contribution < 1.29 is 9.32 Å². The van der Waals surface area contributed by atoms with Crippen molar-refractivity contribution in [2.24, 2.45) is 5.92 Å². The van der Waals surface area contributed by atoms with Crippen LogP contribution in [0.5, 0.6) is 0 Å². The zero-order chi connectivity index (χ0) is 14.8. The Morgan fingerprint density at radius 2 is 2.38 bits per heavy atom. The molecule has 0 radical (unpaired) electrons. The molecule has 2 amide bonds. The van der Waals surface area contributed by atoms with Gasteiger partial charge in [0, 0.05) is 30.6 Å². The molecule has 112 valence electrons. The molecule has 8 heteroatoms. The van der Waals surface area contributed by atoms with Crippen LogP contribution in [0.15, 0.2) is 9.90 Å². The molecule has 0 saturated carbocycles. The zero-order valence-electron chi connectivity index (χ0n) is 12.0. The number of nitrogens with one attached hydrogen (secondary N) is 1. The summed E-state index contributed by atoms with van der Waals surface area (Å²) < 4.78 is 4.89. The van der Waals surface area contributed by atoms with Gasteiger partial charge in [0.1, 0.15) is 0 Å². The zero-order valence-corrected chi connectivity index (χ0v) is 12.8. The van der Waals surface area contributed by atoms with Gasteiger partial charge in [0.15, 0.2) is 5.82 Å². The maximum absolute atomic E-state index is 12.1. The van der Waals surface area contributed by atoms with Crippen molar-refractivity contribution in [1.29, 1.82) is 0 Å². The standard InChI is InChI=1S/C13H17N5O2S/c1-8-7-21-11(14-8)5-10-3-4-18(6-10)13(19)16-12-15-9(2)17-20-12/h7,10H,3-6H2,1-2H3,(H,15,16,17,19). The highest BCUT2D eigenvalue weighted by atomic mass is 32.1. The highest BCUT2D eigenvalue weighted by molar-refractivity contribution is 7.09. The highest BCUT2D eigenvalue weighted by Gasteiger charge is 2.27. The highest BCUT2D eigenvalue weighted by Crippen LogP contribution is 2.23. The first-order valence-electron chi connectivity index (χ1n) is 6.87. The fourth-order valence-electron chi connectivity index (χ4n) is 2.45. The number of carbonyl (C=O) groups excluding carboxylic acids is 1. The van der Waals surface area contributed by atoms with Crippen LogP contribution >= 0.6 is 11.3 Å². The molecule has 2 aromatic rings. The van der Waals surface area contributed by atoms with Gasteiger partial charge in [-0.2, -0.15) is 4.98 Å². The summed E-state index contributed by atoms with van der Waals surface area (Å²) in [5.74, 6) is 0.967. The van der Waals surface area contributed by atoms with Crippen molar-refractivity contribution >= 4 is 23.4 Å². The number of carbonyl (C=O) groups is 1. The van der Waals surface area contributed by atoms with Crippen molar-refractivity contribution in [3.05, 3.63) is 21.9 Å². The van der Waals surface area contributed by atoms with Crippen molar-refractivity contribution in [2.45, 2.75) is 26.7 Å². The number of hydrogen-bond acceptors (Lipinski definition) is 6. The van der Waals surface area contributed by atoms with Gasteiger partial charge in [-0.25, -0.2) is 9.78 Å². The number of nitrogens with zero attached hydrogens (tertiary/aromatic N) is 4. The SMILES string of the molecule is Cc1csc(CC2CCN(C(=O)Nc3nc(C)no3)C2)n1. The predicted octanol–water partition coefficient (Wildman–Crippen LogP) is 2.24. The lowest BCUT2D eigenvalue weighted by Crippen LogP contribution is -2.33. The molecule has 1 unspecified atom stereocenters. The first-order valence-corrected chi connectivity index (χ1v) is 7.75. The van der Waals surface area contributed by atoms with E-state index >= 15 is 0 Å². The topological polar surface area (TPSA) is 84.2 Å². The molecule has 2 aromatic heterocycles. The number of hydrogen-bond donors (Lipinski definition) is 1. The summed E-state index contributed by atoms with van der Waals surface area (Å²) in [6.07, 6.45) is 1.93. The predicted molar refractivity (Wildman–Crippen MR) is 78.3 cm³/mol. The van der Waals surface area contributed by atoms with E-state index in [9.17, 15) is 4.79 Å². The van der Waals surface area contributed by atoms with Crippen LogP contribution in [0.4, 0.5) is 10.8 Å². The number of aryl methyl sites for hydroxylation is 2. The van der Waals surface area contributed by atoms with E-state index in [1.807, 2.05) is 6.92 Å². The van der Waals surface area contributed by atoms with Crippen LogP contribution in [0.2, 0.25) is 0 Å². The van der Waals surface area contributed by atoms with Crippen molar-refractivity contribution in [3.8, 4) is 0 Å². The smallest absolute Gasteiger partial charge is 0.324 e. The second-order valence-corrected chi connectivity index (χ2v) is 6.21. The normalized spacial score (nSPS) is 18.2. The first-order chi connectivity index (χ1) is 10.1. The Kier molecular flexibility index (Phi) is 3.87. The van der Waals surface area contributed by atoms with Gasteiger partial charge in [0.25, 0.3) is 0 Å². The number of urea groups is 1. The average molecular weight is 307 g/mol. The lowest BCUT2D eigenvalue weighted by Gasteiger charge is -2.15. The average Bonchev–Trinajstić information content (AvgIpc) is 3.13. The minimum Gasteiger partial charge on any atom is -0.324 e. The van der Waals surface area contributed by atoms with Gasteiger partial charge < -0.3 is 9.42 Å². The summed E-state index contributed by atoms with van der Waals surface area (Å²) >= 11 is 1.69. The van der Waals surface area contributed by atoms with Crippen LogP contribution in [0.3, 0.4) is 0 Å². The first kappa shape index (κ1) is 14.0. The van der Waals surface area contributed by atoms with Gasteiger partial charge in [0.05, 0.1) is 5.01 Å². The van der Waals surface area contributed by atoms with E-state index in [0.717, 1.165) is 36.6 Å². The quantitative estimate of drug-likeness (QED) is 0.940. The van der Waals surface area contributed by atoms with Crippen molar-refractivity contribution in [1.82, 2.24) is 20.0 Å². The Balaban J connectivity index is 1.53. The fraction of sp³-hybridized carbons (Fsp3) is 0.538. The molecule has 0 bridgehead atoms. The molecule has 0 spiro atoms. The number of aromatic nitrogens is 3. The van der Waals surface area contributed by atoms with E-state index in [0.29, 0.717) is 11.7 Å². The van der Waals surface area contributed by atoms with Crippen LogP contribution in [0.1, 0.15) is 22.9 Å². The Hall–Kier alpha value is -1.96. The van der Waals surface area contributed by atoms with Gasteiger partial charge in [0.2, 0.25) is 0 Å². The number of likely N-dealkylation sites (tertiary alicyclic amines) is 1. The molecule has 21 heavy (non-hydrogen) atoms. The van der Waals surface area contributed by atoms with E-state index in [2.05, 4.69) is 25.8 Å². The molecule has 3 heterocycles. The van der Waals surface area contributed by atoms with E-state index in [1.165, 1.54) is 0 Å². The maximum Gasteiger partial charge on any atom is 0.329 e. The van der Waals surface area contributed by atoms with E-state index < -0.39 is 0 Å². The van der Waals surface area contributed by atoms with Crippen LogP contribution < -0.4 is 5.32 Å². The van der Waals surface area contributed by atoms with Gasteiger partial charge in [-0.15, -0.1) is 11.3 Å². The molecule has 0 aliphatic carbocycles. The molecule has 3 rings (SSSR count). The molecule has 1 saturated heterocycles. The molecule has 1 atom stereocenters. The van der Waals surface area contributed by atoms with Crippen LogP contribution in [0, 0.1) is 19.8 Å². The van der Waals surface area contributed by atoms with Gasteiger partial charge in [-0.1, -0.05) is 5.16 Å². The molecule has 7 nitrogen and oxygen atoms in total. The van der Waals surface area contributed by atoms with Gasteiger partial charge >= 0.3 is 12.0 Å². The summed E-state index contributed by atoms with van der Waals surface area (Å²) in [6.45, 7) is 5.19. The maximum atomic E-state index is 12.1. The van der Waals surface area contributed by atoms with Crippen molar-refractivity contribution in [3.63, 3.8) is 0 Å². The molecule has 0 aromatic carbocycles. The summed E-state index contributed by atoms with van der Waals surface area (Å²) in [7, 11) is 0. The third-order valence-electron chi connectivity index (χ3n) is 3.44. The molecule has 1 aliphatic rings. The Labute approximate surface area is 126 Å². The summed E-state index contributed by atoms with van der Waals surface area (Å²) in [4.78, 5) is 22.3. The Morgan fingerprint density at radius 3 is 3.05 bits per heavy atom. The largest absolute Gasteiger partial charge is 0.329 e. The Morgan fingerprint density at radius 1 is 1.52 bits per heavy atom. The summed E-state index contributed by atoms with van der Waals surface area (Å²) in [5.41, 5.74) is 1.06. The van der Waals surface area contributed by atoms with Crippen LogP contribution in [-0.4, -0.2) is 39.1 Å². The minimum atomic E-state index is -0.184. The summed E-state index contributed by atoms with van der Waals surface area (Å²) in [5, 5.41) is 9.48. The van der Waals surface area contributed by atoms with Crippen molar-refractivity contribution in [2.75, 3.05) is 18.4 Å². The van der Waals surface area contributed by atoms with Crippen LogP contribution in [-0.2, 0) is 6.42 Å². The monoisotopic (exact) mass is 307 g/mol. The number of anilines is 1. The number of amides is 2. The number of rotatable bonds is 3. The lowest BCUT2D eigenvalue weighted by molar-refractivity contribution is 0.219. The Bertz CT molecular complexity index is 638. The number of thiazole rings is 1. The van der Waals surface area contributed by atoms with E-state index in [1.54, 1.807) is 23.2 Å². The molecular weight excluding hydrogens is 290 g/mol. The molecule has 1 fully saturated rings. The fourth-order valence-corrected chi connectivity index (χ4v) is 3.33. The third-order valence-corrected chi connectivity index (χ3v) is 4.43. The van der Waals surface area contributed by atoms with Gasteiger partial charge in [-0.3, -0.25) is 5.32 Å². The third kappa shape index (κ3) is 3.38. The molecule has 1 N–H and O–H groups in total. The minimum absolute atomic E-state index is 0.150. The van der Waals surface area contributed by atoms with E-state index in [-0.39, 0.29) is 12.0 Å². The van der Waals surface area contributed by atoms with Crippen LogP contribution in [0.25, 0.3) is 0 Å².